The smallest absolute Gasteiger partial charge is 0.251 e. The lowest BCUT2D eigenvalue weighted by Crippen LogP contribution is -2.50. The molecule has 0 heterocycles. The molecular formula is C21H25BrN2O2. The van der Waals surface area contributed by atoms with Crippen LogP contribution in [-0.2, 0) is 4.79 Å². The van der Waals surface area contributed by atoms with Gasteiger partial charge in [0.25, 0.3) is 5.91 Å². The largest absolute Gasteiger partial charge is 0.348 e. The van der Waals surface area contributed by atoms with E-state index < -0.39 is 6.04 Å². The second-order valence-corrected chi connectivity index (χ2v) is 7.40. The highest BCUT2D eigenvalue weighted by molar-refractivity contribution is 9.10. The highest BCUT2D eigenvalue weighted by Crippen LogP contribution is 2.18. The van der Waals surface area contributed by atoms with Gasteiger partial charge in [-0.1, -0.05) is 66.5 Å². The second-order valence-electron chi connectivity index (χ2n) is 6.48. The summed E-state index contributed by atoms with van der Waals surface area (Å²) in [6.07, 6.45) is 0.791. The van der Waals surface area contributed by atoms with E-state index in [2.05, 4.69) is 26.6 Å². The lowest BCUT2D eigenvalue weighted by atomic mass is 9.97. The predicted octanol–water partition coefficient (Wildman–Crippen LogP) is 4.47. The summed E-state index contributed by atoms with van der Waals surface area (Å²) in [5.41, 5.74) is 1.56. The molecule has 0 aliphatic carbocycles. The molecule has 0 bridgehead atoms. The summed E-state index contributed by atoms with van der Waals surface area (Å²) in [5.74, 6) is -0.374. The second kappa shape index (κ2) is 9.53. The fourth-order valence-electron chi connectivity index (χ4n) is 2.65. The van der Waals surface area contributed by atoms with Gasteiger partial charge in [-0.05, 0) is 42.7 Å². The third kappa shape index (κ3) is 5.43. The average molecular weight is 417 g/mol. The molecule has 3 atom stereocenters. The monoisotopic (exact) mass is 416 g/mol. The van der Waals surface area contributed by atoms with Crippen molar-refractivity contribution in [1.29, 1.82) is 0 Å². The minimum Gasteiger partial charge on any atom is -0.348 e. The van der Waals surface area contributed by atoms with Gasteiger partial charge >= 0.3 is 0 Å². The van der Waals surface area contributed by atoms with Crippen LogP contribution in [0.4, 0.5) is 0 Å². The van der Waals surface area contributed by atoms with Crippen LogP contribution >= 0.6 is 15.9 Å². The number of amides is 2. The molecule has 2 aromatic carbocycles. The molecule has 0 aliphatic heterocycles. The number of rotatable bonds is 7. The number of hydrogen-bond acceptors (Lipinski definition) is 2. The van der Waals surface area contributed by atoms with Crippen LogP contribution in [0.5, 0.6) is 0 Å². The summed E-state index contributed by atoms with van der Waals surface area (Å²) in [6, 6.07) is 16.1. The molecule has 0 radical (unpaired) electrons. The van der Waals surface area contributed by atoms with Crippen LogP contribution in [0.3, 0.4) is 0 Å². The van der Waals surface area contributed by atoms with Crippen molar-refractivity contribution in [1.82, 2.24) is 10.6 Å². The van der Waals surface area contributed by atoms with E-state index in [4.69, 9.17) is 0 Å². The molecule has 0 saturated heterocycles. The summed E-state index contributed by atoms with van der Waals surface area (Å²) in [4.78, 5) is 25.3. The summed E-state index contributed by atoms with van der Waals surface area (Å²) < 4.78 is 0.993. The van der Waals surface area contributed by atoms with Crippen molar-refractivity contribution in [3.8, 4) is 0 Å². The zero-order valence-corrected chi connectivity index (χ0v) is 16.9. The van der Waals surface area contributed by atoms with E-state index in [1.807, 2.05) is 63.2 Å². The lowest BCUT2D eigenvalue weighted by molar-refractivity contribution is -0.124. The van der Waals surface area contributed by atoms with Gasteiger partial charge in [0.05, 0.1) is 6.04 Å². The minimum atomic E-state index is -0.578. The molecule has 0 fully saturated rings. The molecule has 2 amide bonds. The first-order valence-electron chi connectivity index (χ1n) is 8.84. The van der Waals surface area contributed by atoms with Crippen LogP contribution < -0.4 is 10.6 Å². The van der Waals surface area contributed by atoms with E-state index in [0.29, 0.717) is 5.56 Å². The van der Waals surface area contributed by atoms with Crippen molar-refractivity contribution >= 4 is 27.7 Å². The Morgan fingerprint density at radius 1 is 0.962 bits per heavy atom. The Morgan fingerprint density at radius 2 is 1.58 bits per heavy atom. The highest BCUT2D eigenvalue weighted by atomic mass is 79.9. The molecule has 2 rings (SSSR count). The number of nitrogens with one attached hydrogen (secondary N) is 2. The quantitative estimate of drug-likeness (QED) is 0.699. The van der Waals surface area contributed by atoms with Crippen LogP contribution in [0.1, 0.15) is 49.2 Å². The first-order valence-corrected chi connectivity index (χ1v) is 9.63. The summed E-state index contributed by atoms with van der Waals surface area (Å²) in [5, 5.41) is 5.91. The van der Waals surface area contributed by atoms with Gasteiger partial charge in [-0.3, -0.25) is 9.59 Å². The molecule has 0 saturated carbocycles. The Bertz CT molecular complexity index is 731. The van der Waals surface area contributed by atoms with Gasteiger partial charge in [0.1, 0.15) is 6.04 Å². The van der Waals surface area contributed by atoms with Gasteiger partial charge in [-0.2, -0.15) is 0 Å². The third-order valence-electron chi connectivity index (χ3n) is 4.55. The average Bonchev–Trinajstić information content (AvgIpc) is 2.66. The zero-order valence-electron chi connectivity index (χ0n) is 15.3. The Morgan fingerprint density at radius 3 is 2.15 bits per heavy atom. The molecule has 4 nitrogen and oxygen atoms in total. The Hall–Kier alpha value is -2.14. The Kier molecular flexibility index (Phi) is 7.39. The summed E-state index contributed by atoms with van der Waals surface area (Å²) >= 11 is 3.41. The molecule has 1 unspecified atom stereocenters. The standard InChI is InChI=1S/C21H25BrN2O2/c1-4-14(2)19(24-20(25)17-8-6-5-7-9-17)21(26)23-15(3)16-10-12-18(22)13-11-16/h5-15,19H,4H2,1-3H3,(H,23,26)(H,24,25)/t14-,15?,19-/m0/s1. The van der Waals surface area contributed by atoms with Crippen LogP contribution in [0.15, 0.2) is 59.1 Å². The molecule has 5 heteroatoms. The molecule has 26 heavy (non-hydrogen) atoms. The van der Waals surface area contributed by atoms with Crippen molar-refractivity contribution in [2.24, 2.45) is 5.92 Å². The molecule has 2 aromatic rings. The summed E-state index contributed by atoms with van der Waals surface area (Å²) in [7, 11) is 0. The van der Waals surface area contributed by atoms with Gasteiger partial charge in [0.2, 0.25) is 5.91 Å². The molecule has 0 aromatic heterocycles. The van der Waals surface area contributed by atoms with Crippen molar-refractivity contribution in [2.75, 3.05) is 0 Å². The number of benzene rings is 2. The van der Waals surface area contributed by atoms with Gasteiger partial charge in [-0.15, -0.1) is 0 Å². The number of carbonyl (C=O) groups excluding carboxylic acids is 2. The van der Waals surface area contributed by atoms with E-state index >= 15 is 0 Å². The Labute approximate surface area is 163 Å². The molecule has 2 N–H and O–H groups in total. The van der Waals surface area contributed by atoms with Gasteiger partial charge < -0.3 is 10.6 Å². The van der Waals surface area contributed by atoms with E-state index in [-0.39, 0.29) is 23.8 Å². The van der Waals surface area contributed by atoms with Crippen molar-refractivity contribution < 1.29 is 9.59 Å². The first-order chi connectivity index (χ1) is 12.4. The lowest BCUT2D eigenvalue weighted by Gasteiger charge is -2.25. The van der Waals surface area contributed by atoms with Gasteiger partial charge in [-0.25, -0.2) is 0 Å². The van der Waals surface area contributed by atoms with Crippen LogP contribution in [0, 0.1) is 5.92 Å². The number of hydrogen-bond donors (Lipinski definition) is 2. The van der Waals surface area contributed by atoms with Crippen LogP contribution in [0.2, 0.25) is 0 Å². The highest BCUT2D eigenvalue weighted by Gasteiger charge is 2.27. The van der Waals surface area contributed by atoms with E-state index in [9.17, 15) is 9.59 Å². The molecule has 0 aliphatic rings. The Balaban J connectivity index is 2.09. The maximum Gasteiger partial charge on any atom is 0.251 e. The topological polar surface area (TPSA) is 58.2 Å². The first kappa shape index (κ1) is 20.2. The third-order valence-corrected chi connectivity index (χ3v) is 5.08. The molecular weight excluding hydrogens is 392 g/mol. The van der Waals surface area contributed by atoms with E-state index in [1.165, 1.54) is 0 Å². The van der Waals surface area contributed by atoms with E-state index in [1.54, 1.807) is 12.1 Å². The molecule has 0 spiro atoms. The van der Waals surface area contributed by atoms with Crippen molar-refractivity contribution in [3.05, 3.63) is 70.2 Å². The van der Waals surface area contributed by atoms with E-state index in [0.717, 1.165) is 16.5 Å². The van der Waals surface area contributed by atoms with Crippen LogP contribution in [0.25, 0.3) is 0 Å². The fraction of sp³-hybridized carbons (Fsp3) is 0.333. The zero-order chi connectivity index (χ0) is 19.1. The maximum atomic E-state index is 12.8. The van der Waals surface area contributed by atoms with Gasteiger partial charge in [0, 0.05) is 10.0 Å². The SMILES string of the molecule is CC[C@H](C)[C@H](NC(=O)c1ccccc1)C(=O)NC(C)c1ccc(Br)cc1. The normalized spacial score (nSPS) is 14.2. The molecule has 138 valence electrons. The van der Waals surface area contributed by atoms with Crippen LogP contribution in [-0.4, -0.2) is 17.9 Å². The number of carbonyl (C=O) groups is 2. The predicted molar refractivity (Wildman–Crippen MR) is 108 cm³/mol. The van der Waals surface area contributed by atoms with Crippen molar-refractivity contribution in [2.45, 2.75) is 39.3 Å². The number of halogens is 1. The van der Waals surface area contributed by atoms with Crippen molar-refractivity contribution in [3.63, 3.8) is 0 Å². The summed E-state index contributed by atoms with van der Waals surface area (Å²) in [6.45, 7) is 5.92. The maximum absolute atomic E-state index is 12.8. The minimum absolute atomic E-state index is 0.0276. The van der Waals surface area contributed by atoms with Gasteiger partial charge in [0.15, 0.2) is 0 Å². The fourth-order valence-corrected chi connectivity index (χ4v) is 2.92.